The van der Waals surface area contributed by atoms with Crippen molar-refractivity contribution >= 4 is 11.8 Å². The van der Waals surface area contributed by atoms with Crippen molar-refractivity contribution < 1.29 is 19.1 Å². The molecule has 0 radical (unpaired) electrons. The summed E-state index contributed by atoms with van der Waals surface area (Å²) in [6, 6.07) is 5.63. The van der Waals surface area contributed by atoms with Gasteiger partial charge < -0.3 is 15.7 Å². The van der Waals surface area contributed by atoms with Crippen molar-refractivity contribution in [2.24, 2.45) is 0 Å². The maximum atomic E-state index is 12.8. The number of carbonyl (C=O) groups is 2. The fourth-order valence-corrected chi connectivity index (χ4v) is 2.50. The second-order valence-corrected chi connectivity index (χ2v) is 6.05. The first-order chi connectivity index (χ1) is 10.4. The Bertz CT molecular complexity index is 533. The molecule has 5 nitrogen and oxygen atoms in total. The summed E-state index contributed by atoms with van der Waals surface area (Å²) in [4.78, 5) is 23.5. The van der Waals surface area contributed by atoms with Crippen LogP contribution in [0.2, 0.25) is 0 Å². The second-order valence-electron chi connectivity index (χ2n) is 6.05. The summed E-state index contributed by atoms with van der Waals surface area (Å²) in [6.45, 7) is 1.95. The van der Waals surface area contributed by atoms with Crippen molar-refractivity contribution in [2.75, 3.05) is 0 Å². The number of hydrogen-bond donors (Lipinski definition) is 3. The fraction of sp³-hybridized carbons (Fsp3) is 0.500. The van der Waals surface area contributed by atoms with Gasteiger partial charge >= 0.3 is 11.8 Å². The van der Waals surface area contributed by atoms with Crippen molar-refractivity contribution in [3.8, 4) is 0 Å². The van der Waals surface area contributed by atoms with Gasteiger partial charge in [-0.3, -0.25) is 9.59 Å². The molecule has 6 heteroatoms. The summed E-state index contributed by atoms with van der Waals surface area (Å²) in [5.74, 6) is -1.73. The zero-order valence-electron chi connectivity index (χ0n) is 12.6. The van der Waals surface area contributed by atoms with Crippen molar-refractivity contribution in [3.63, 3.8) is 0 Å². The molecule has 1 saturated carbocycles. The molecule has 0 atom stereocenters. The van der Waals surface area contributed by atoms with Crippen LogP contribution in [0.5, 0.6) is 0 Å². The molecular formula is C16H21FN2O3. The molecule has 0 aliphatic heterocycles. The minimum Gasteiger partial charge on any atom is -0.390 e. The lowest BCUT2D eigenvalue weighted by Gasteiger charge is -2.33. The number of carbonyl (C=O) groups excluding carboxylic acids is 2. The molecule has 0 saturated heterocycles. The molecule has 22 heavy (non-hydrogen) atoms. The van der Waals surface area contributed by atoms with Crippen LogP contribution in [-0.2, 0) is 16.1 Å². The van der Waals surface area contributed by atoms with E-state index in [0.29, 0.717) is 25.7 Å². The number of amides is 2. The normalized spacial score (nSPS) is 24.6. The van der Waals surface area contributed by atoms with Gasteiger partial charge in [0.05, 0.1) is 5.60 Å². The molecule has 0 spiro atoms. The van der Waals surface area contributed by atoms with E-state index in [1.165, 1.54) is 12.1 Å². The van der Waals surface area contributed by atoms with Crippen LogP contribution in [0.25, 0.3) is 0 Å². The summed E-state index contributed by atoms with van der Waals surface area (Å²) < 4.78 is 12.8. The molecule has 1 aromatic rings. The molecule has 1 fully saturated rings. The third-order valence-electron chi connectivity index (χ3n) is 3.97. The minimum atomic E-state index is -0.707. The fourth-order valence-electron chi connectivity index (χ4n) is 2.50. The second kappa shape index (κ2) is 6.87. The van der Waals surface area contributed by atoms with E-state index in [2.05, 4.69) is 10.6 Å². The highest BCUT2D eigenvalue weighted by atomic mass is 19.1. The SMILES string of the molecule is CC1(O)CCC(NC(=O)C(=O)NCc2ccc(F)cc2)CC1. The predicted molar refractivity (Wildman–Crippen MR) is 79.3 cm³/mol. The molecule has 120 valence electrons. The smallest absolute Gasteiger partial charge is 0.309 e. The molecule has 3 N–H and O–H groups in total. The Morgan fingerprint density at radius 2 is 1.82 bits per heavy atom. The van der Waals surface area contributed by atoms with Crippen LogP contribution in [0.4, 0.5) is 4.39 Å². The summed E-state index contributed by atoms with van der Waals surface area (Å²) in [6.07, 6.45) is 2.53. The standard InChI is InChI=1S/C16H21FN2O3/c1-16(22)8-6-13(7-9-16)19-15(21)14(20)18-10-11-2-4-12(17)5-3-11/h2-5,13,22H,6-10H2,1H3,(H,18,20)(H,19,21). The predicted octanol–water partition coefficient (Wildman–Crippen LogP) is 1.25. The first kappa shape index (κ1) is 16.4. The molecule has 0 unspecified atom stereocenters. The Hall–Kier alpha value is -1.95. The van der Waals surface area contributed by atoms with Crippen LogP contribution < -0.4 is 10.6 Å². The van der Waals surface area contributed by atoms with Gasteiger partial charge in [-0.25, -0.2) is 4.39 Å². The number of aliphatic hydroxyl groups is 1. The Kier molecular flexibility index (Phi) is 5.13. The van der Waals surface area contributed by atoms with Gasteiger partial charge in [-0.2, -0.15) is 0 Å². The highest BCUT2D eigenvalue weighted by molar-refractivity contribution is 6.35. The summed E-state index contributed by atoms with van der Waals surface area (Å²) in [7, 11) is 0. The highest BCUT2D eigenvalue weighted by Gasteiger charge is 2.30. The van der Waals surface area contributed by atoms with E-state index in [0.717, 1.165) is 5.56 Å². The Labute approximate surface area is 128 Å². The van der Waals surface area contributed by atoms with Crippen LogP contribution in [0.15, 0.2) is 24.3 Å². The van der Waals surface area contributed by atoms with Crippen LogP contribution >= 0.6 is 0 Å². The van der Waals surface area contributed by atoms with E-state index in [1.807, 2.05) is 0 Å². The van der Waals surface area contributed by atoms with Crippen molar-refractivity contribution in [1.82, 2.24) is 10.6 Å². The van der Waals surface area contributed by atoms with Crippen LogP contribution in [0.1, 0.15) is 38.2 Å². The molecule has 2 amide bonds. The van der Waals surface area contributed by atoms with Gasteiger partial charge in [0.1, 0.15) is 5.82 Å². The molecule has 1 aliphatic rings. The Morgan fingerprint density at radius 3 is 2.41 bits per heavy atom. The van der Waals surface area contributed by atoms with Gasteiger partial charge in [-0.1, -0.05) is 12.1 Å². The molecule has 2 rings (SSSR count). The van der Waals surface area contributed by atoms with Gasteiger partial charge in [0.2, 0.25) is 0 Å². The number of halogens is 1. The van der Waals surface area contributed by atoms with Crippen LogP contribution in [0.3, 0.4) is 0 Å². The number of rotatable bonds is 3. The molecule has 0 bridgehead atoms. The van der Waals surface area contributed by atoms with E-state index in [4.69, 9.17) is 0 Å². The van der Waals surface area contributed by atoms with Gasteiger partial charge in [0.25, 0.3) is 0 Å². The lowest BCUT2D eigenvalue weighted by Crippen LogP contribution is -2.47. The van der Waals surface area contributed by atoms with Gasteiger partial charge in [-0.05, 0) is 50.3 Å². The molecule has 1 aromatic carbocycles. The highest BCUT2D eigenvalue weighted by Crippen LogP contribution is 2.27. The largest absolute Gasteiger partial charge is 0.390 e. The van der Waals surface area contributed by atoms with Crippen molar-refractivity contribution in [1.29, 1.82) is 0 Å². The number of nitrogens with one attached hydrogen (secondary N) is 2. The maximum Gasteiger partial charge on any atom is 0.309 e. The molecule has 1 aliphatic carbocycles. The van der Waals surface area contributed by atoms with Gasteiger partial charge in [0.15, 0.2) is 0 Å². The van der Waals surface area contributed by atoms with Crippen molar-refractivity contribution in [2.45, 2.75) is 50.8 Å². The van der Waals surface area contributed by atoms with Gasteiger partial charge in [-0.15, -0.1) is 0 Å². The topological polar surface area (TPSA) is 78.4 Å². The van der Waals surface area contributed by atoms with Gasteiger partial charge in [0, 0.05) is 12.6 Å². The van der Waals surface area contributed by atoms with E-state index < -0.39 is 17.4 Å². The Morgan fingerprint density at radius 1 is 1.23 bits per heavy atom. The third kappa shape index (κ3) is 4.80. The lowest BCUT2D eigenvalue weighted by atomic mass is 9.83. The third-order valence-corrected chi connectivity index (χ3v) is 3.97. The monoisotopic (exact) mass is 308 g/mol. The van der Waals surface area contributed by atoms with Crippen LogP contribution in [-0.4, -0.2) is 28.6 Å². The maximum absolute atomic E-state index is 12.8. The quantitative estimate of drug-likeness (QED) is 0.735. The average Bonchev–Trinajstić information content (AvgIpc) is 2.48. The zero-order valence-corrected chi connectivity index (χ0v) is 12.6. The summed E-state index contributed by atoms with van der Waals surface area (Å²) >= 11 is 0. The average molecular weight is 308 g/mol. The minimum absolute atomic E-state index is 0.0794. The molecule has 0 heterocycles. The first-order valence-corrected chi connectivity index (χ1v) is 7.41. The summed E-state index contributed by atoms with van der Waals surface area (Å²) in [5, 5.41) is 15.0. The van der Waals surface area contributed by atoms with Crippen LogP contribution in [0, 0.1) is 5.82 Å². The van der Waals surface area contributed by atoms with Crippen molar-refractivity contribution in [3.05, 3.63) is 35.6 Å². The number of hydrogen-bond acceptors (Lipinski definition) is 3. The summed E-state index contributed by atoms with van der Waals surface area (Å²) in [5.41, 5.74) is 0.0442. The zero-order chi connectivity index (χ0) is 16.2. The van der Waals surface area contributed by atoms with E-state index in [9.17, 15) is 19.1 Å². The lowest BCUT2D eigenvalue weighted by molar-refractivity contribution is -0.140. The molecule has 0 aromatic heterocycles. The first-order valence-electron chi connectivity index (χ1n) is 7.41. The van der Waals surface area contributed by atoms with E-state index in [-0.39, 0.29) is 18.4 Å². The van der Waals surface area contributed by atoms with E-state index in [1.54, 1.807) is 19.1 Å². The number of benzene rings is 1. The Balaban J connectivity index is 1.75. The van der Waals surface area contributed by atoms with E-state index >= 15 is 0 Å². The molecular weight excluding hydrogens is 287 g/mol.